The summed E-state index contributed by atoms with van der Waals surface area (Å²) in [6, 6.07) is 43.0. The van der Waals surface area contributed by atoms with Crippen LogP contribution in [0.4, 0.5) is 17.1 Å². The van der Waals surface area contributed by atoms with E-state index in [0.717, 1.165) is 43.8 Å². The third kappa shape index (κ3) is 5.21. The van der Waals surface area contributed by atoms with Crippen molar-refractivity contribution in [2.75, 3.05) is 4.90 Å². The lowest BCUT2D eigenvalue weighted by atomic mass is 9.97. The molecule has 0 saturated heterocycles. The zero-order chi connectivity index (χ0) is 42.3. The van der Waals surface area contributed by atoms with Crippen LogP contribution in [-0.2, 0) is 0 Å². The van der Waals surface area contributed by atoms with Crippen LogP contribution in [0.5, 0.6) is 0 Å². The molecule has 0 aliphatic heterocycles. The molecule has 2 heteroatoms. The Hall–Kier alpha value is -6.90. The van der Waals surface area contributed by atoms with Crippen molar-refractivity contribution in [2.24, 2.45) is 0 Å². The summed E-state index contributed by atoms with van der Waals surface area (Å²) >= 11 is 0. The van der Waals surface area contributed by atoms with E-state index in [2.05, 4.69) is 42.5 Å². The summed E-state index contributed by atoms with van der Waals surface area (Å²) in [5.74, 6) is 0. The van der Waals surface area contributed by atoms with Crippen LogP contribution >= 0.6 is 0 Å². The van der Waals surface area contributed by atoms with E-state index in [-0.39, 0.29) is 11.3 Å². The van der Waals surface area contributed by atoms with Gasteiger partial charge in [0.05, 0.1) is 23.4 Å². The van der Waals surface area contributed by atoms with Gasteiger partial charge in [0.1, 0.15) is 11.2 Å². The van der Waals surface area contributed by atoms with Gasteiger partial charge in [0.2, 0.25) is 0 Å². The lowest BCUT2D eigenvalue weighted by Gasteiger charge is -2.26. The minimum atomic E-state index is -0.632. The molecule has 1 heterocycles. The van der Waals surface area contributed by atoms with Crippen molar-refractivity contribution in [1.82, 2.24) is 0 Å². The van der Waals surface area contributed by atoms with Gasteiger partial charge in [0.15, 0.2) is 0 Å². The first-order valence-corrected chi connectivity index (χ1v) is 17.0. The lowest BCUT2D eigenvalue weighted by Crippen LogP contribution is -2.10. The van der Waals surface area contributed by atoms with Crippen LogP contribution in [0.25, 0.3) is 76.9 Å². The fourth-order valence-corrected chi connectivity index (χ4v) is 7.08. The van der Waals surface area contributed by atoms with Gasteiger partial charge in [0.25, 0.3) is 0 Å². The Morgan fingerprint density at radius 2 is 1.06 bits per heavy atom. The minimum Gasteiger partial charge on any atom is -0.455 e. The van der Waals surface area contributed by atoms with E-state index in [9.17, 15) is 5.48 Å². The van der Waals surface area contributed by atoms with Gasteiger partial charge in [-0.2, -0.15) is 0 Å². The van der Waals surface area contributed by atoms with Crippen LogP contribution in [0.3, 0.4) is 0 Å². The Labute approximate surface area is 315 Å². The Bertz CT molecular complexity index is 3380. The SMILES string of the molecule is [2H]c1c([2H])c([2H])c(-c2c([2H])c([2H])c(N(c3ccc(-c4cccc(-c5ccc6ccccc6c5)c4)cc3)c3cccc4oc5c6ccccc6ccc5c34)c([2H])c2[2H])c([2H])c1[2H]. The van der Waals surface area contributed by atoms with E-state index in [1.165, 1.54) is 5.39 Å². The summed E-state index contributed by atoms with van der Waals surface area (Å²) in [5.41, 5.74) is 5.48. The predicted octanol–water partition coefficient (Wildman–Crippen LogP) is 14.4. The van der Waals surface area contributed by atoms with Crippen LogP contribution < -0.4 is 4.90 Å². The predicted molar refractivity (Wildman–Crippen MR) is 220 cm³/mol. The van der Waals surface area contributed by atoms with Gasteiger partial charge in [-0.15, -0.1) is 0 Å². The second-order valence-corrected chi connectivity index (χ2v) is 12.7. The van der Waals surface area contributed by atoms with Gasteiger partial charge in [0, 0.05) is 22.1 Å². The molecule has 1 aromatic heterocycles. The molecule has 0 amide bonds. The third-order valence-electron chi connectivity index (χ3n) is 9.60. The summed E-state index contributed by atoms with van der Waals surface area (Å²) in [6.07, 6.45) is 0. The fraction of sp³-hybridized carbons (Fsp3) is 0. The van der Waals surface area contributed by atoms with Crippen molar-refractivity contribution < 1.29 is 16.8 Å². The quantitative estimate of drug-likeness (QED) is 0.175. The highest BCUT2D eigenvalue weighted by atomic mass is 16.3. The number of benzene rings is 9. The van der Waals surface area contributed by atoms with Crippen molar-refractivity contribution >= 4 is 60.5 Å². The van der Waals surface area contributed by atoms with Crippen molar-refractivity contribution in [3.05, 3.63) is 200 Å². The summed E-state index contributed by atoms with van der Waals surface area (Å²) in [6.45, 7) is 0. The molecular weight excluding hydrogens is 631 g/mol. The van der Waals surface area contributed by atoms with E-state index in [4.69, 9.17) is 11.3 Å². The second-order valence-electron chi connectivity index (χ2n) is 12.7. The molecule has 10 aromatic rings. The standard InChI is InChI=1S/C50H33NO/c1-2-10-34(11-3-1)36-22-27-43(28-23-36)51(47-18-9-19-48-49(47)46-31-26-38-13-6-7-17-45(38)50(46)52-48)44-29-24-37(25-30-44)40-15-8-16-41(32-40)42-21-20-35-12-4-5-14-39(35)33-42/h1-33H/i1D,2D,3D,10D,11D,22D,23D,27D,28D. The molecule has 0 radical (unpaired) electrons. The molecule has 2 nitrogen and oxygen atoms in total. The van der Waals surface area contributed by atoms with Gasteiger partial charge < -0.3 is 9.32 Å². The monoisotopic (exact) mass is 672 g/mol. The first-order valence-electron chi connectivity index (χ1n) is 21.5. The fourth-order valence-electron chi connectivity index (χ4n) is 7.08. The van der Waals surface area contributed by atoms with E-state index in [1.54, 1.807) is 4.90 Å². The Morgan fingerprint density at radius 3 is 1.88 bits per heavy atom. The summed E-state index contributed by atoms with van der Waals surface area (Å²) in [7, 11) is 0. The van der Waals surface area contributed by atoms with E-state index < -0.39 is 59.9 Å². The Kier molecular flexibility index (Phi) is 5.28. The molecule has 0 aliphatic carbocycles. The number of nitrogens with zero attached hydrogens (tertiary/aromatic N) is 1. The molecule has 0 fully saturated rings. The maximum Gasteiger partial charge on any atom is 0.143 e. The summed E-state index contributed by atoms with van der Waals surface area (Å²) in [5, 5.41) is 5.72. The second kappa shape index (κ2) is 12.5. The normalized spacial score (nSPS) is 13.9. The van der Waals surface area contributed by atoms with Crippen molar-refractivity contribution in [2.45, 2.75) is 0 Å². The van der Waals surface area contributed by atoms with Gasteiger partial charge in [-0.25, -0.2) is 0 Å². The number of rotatable bonds is 6. The number of anilines is 3. The summed E-state index contributed by atoms with van der Waals surface area (Å²) in [4.78, 5) is 1.69. The Balaban J connectivity index is 1.18. The molecule has 0 aliphatic rings. The Morgan fingerprint density at radius 1 is 0.404 bits per heavy atom. The zero-order valence-corrected chi connectivity index (χ0v) is 27.7. The van der Waals surface area contributed by atoms with Crippen LogP contribution in [0.2, 0.25) is 0 Å². The maximum absolute atomic E-state index is 9.51. The largest absolute Gasteiger partial charge is 0.455 e. The average molecular weight is 673 g/mol. The van der Waals surface area contributed by atoms with Crippen LogP contribution in [0, 0.1) is 0 Å². The lowest BCUT2D eigenvalue weighted by molar-refractivity contribution is 0.672. The number of fused-ring (bicyclic) bond motifs is 6. The molecule has 52 heavy (non-hydrogen) atoms. The van der Waals surface area contributed by atoms with Gasteiger partial charge >= 0.3 is 0 Å². The molecule has 0 spiro atoms. The molecular formula is C50H33NO. The van der Waals surface area contributed by atoms with Crippen molar-refractivity contribution in [1.29, 1.82) is 0 Å². The molecule has 0 bridgehead atoms. The van der Waals surface area contributed by atoms with E-state index in [0.29, 0.717) is 27.9 Å². The number of hydrogen-bond donors (Lipinski definition) is 0. The zero-order valence-electron chi connectivity index (χ0n) is 36.7. The molecule has 244 valence electrons. The van der Waals surface area contributed by atoms with Crippen LogP contribution in [0.1, 0.15) is 12.3 Å². The highest BCUT2D eigenvalue weighted by molar-refractivity contribution is 6.19. The molecule has 0 unspecified atom stereocenters. The van der Waals surface area contributed by atoms with E-state index in [1.807, 2.05) is 103 Å². The molecule has 9 aromatic carbocycles. The van der Waals surface area contributed by atoms with Crippen LogP contribution in [0.15, 0.2) is 204 Å². The van der Waals surface area contributed by atoms with Gasteiger partial charge in [-0.1, -0.05) is 145 Å². The van der Waals surface area contributed by atoms with Crippen LogP contribution in [-0.4, -0.2) is 0 Å². The highest BCUT2D eigenvalue weighted by Gasteiger charge is 2.20. The average Bonchev–Trinajstić information content (AvgIpc) is 3.69. The first kappa shape index (κ1) is 22.0. The topological polar surface area (TPSA) is 16.4 Å². The smallest absolute Gasteiger partial charge is 0.143 e. The first-order chi connectivity index (χ1) is 29.5. The van der Waals surface area contributed by atoms with Crippen molar-refractivity contribution in [3.8, 4) is 33.4 Å². The number of hydrogen-bond acceptors (Lipinski definition) is 2. The van der Waals surface area contributed by atoms with E-state index >= 15 is 0 Å². The number of furan rings is 1. The highest BCUT2D eigenvalue weighted by Crippen LogP contribution is 2.45. The molecule has 0 atom stereocenters. The van der Waals surface area contributed by atoms with Gasteiger partial charge in [-0.3, -0.25) is 0 Å². The summed E-state index contributed by atoms with van der Waals surface area (Å²) < 4.78 is 86.0. The van der Waals surface area contributed by atoms with Crippen molar-refractivity contribution in [3.63, 3.8) is 0 Å². The van der Waals surface area contributed by atoms with Gasteiger partial charge in [-0.05, 0) is 104 Å². The third-order valence-corrected chi connectivity index (χ3v) is 9.60. The minimum absolute atomic E-state index is 0.0835. The molecule has 0 saturated carbocycles. The maximum atomic E-state index is 9.51. The molecule has 0 N–H and O–H groups in total. The molecule has 10 rings (SSSR count).